The number of aliphatic imine (C=N–C) groups is 1. The molecule has 43 heavy (non-hydrogen) atoms. The maximum Gasteiger partial charge on any atom is 0.414 e. The van der Waals surface area contributed by atoms with Crippen LogP contribution in [0.2, 0.25) is 0 Å². The minimum absolute atomic E-state index is 0.181. The maximum atomic E-state index is 13.7. The van der Waals surface area contributed by atoms with Crippen LogP contribution in [0.1, 0.15) is 36.2 Å². The molecule has 1 aromatic rings. The number of amides is 2. The molecule has 0 unspecified atom stereocenters. The Bertz CT molecular complexity index is 1430. The summed E-state index contributed by atoms with van der Waals surface area (Å²) in [6, 6.07) is 2.00. The van der Waals surface area contributed by atoms with E-state index in [-0.39, 0.29) is 35.8 Å². The zero-order valence-corrected chi connectivity index (χ0v) is 25.4. The van der Waals surface area contributed by atoms with E-state index in [2.05, 4.69) is 56.7 Å². The van der Waals surface area contributed by atoms with Crippen molar-refractivity contribution < 1.29 is 29.3 Å². The zero-order valence-electron chi connectivity index (χ0n) is 23.1. The highest BCUT2D eigenvalue weighted by molar-refractivity contribution is 6.67. The molecule has 0 aromatic heterocycles. The van der Waals surface area contributed by atoms with E-state index in [1.807, 2.05) is 6.07 Å². The van der Waals surface area contributed by atoms with Crippen molar-refractivity contribution in [1.29, 1.82) is 0 Å². The summed E-state index contributed by atoms with van der Waals surface area (Å²) in [5.74, 6) is -2.88. The lowest BCUT2D eigenvalue weighted by molar-refractivity contribution is -0.231. The molecule has 0 aliphatic carbocycles. The molecule has 2 fully saturated rings. The van der Waals surface area contributed by atoms with Gasteiger partial charge in [-0.05, 0) is 23.4 Å². The molecule has 232 valence electrons. The summed E-state index contributed by atoms with van der Waals surface area (Å²) in [7, 11) is 0. The first kappa shape index (κ1) is 31.1. The number of nitrogens with zero attached hydrogens (tertiary/aromatic N) is 5. The van der Waals surface area contributed by atoms with Gasteiger partial charge in [-0.1, -0.05) is 72.5 Å². The summed E-state index contributed by atoms with van der Waals surface area (Å²) in [5, 5.41) is 38.4. The molecule has 15 nitrogen and oxygen atoms in total. The fourth-order valence-electron chi connectivity index (χ4n) is 6.01. The van der Waals surface area contributed by atoms with Crippen molar-refractivity contribution in [3.63, 3.8) is 0 Å². The van der Waals surface area contributed by atoms with Crippen LogP contribution < -0.4 is 26.0 Å². The molecule has 4 aliphatic heterocycles. The molecule has 4 atom stereocenters. The lowest BCUT2D eigenvalue weighted by Crippen LogP contribution is -2.78. The van der Waals surface area contributed by atoms with Crippen LogP contribution in [0.25, 0.3) is 10.4 Å². The summed E-state index contributed by atoms with van der Waals surface area (Å²) in [6.45, 7) is 7.32. The molecular weight excluding hydrogens is 629 g/mol. The fraction of sp³-hybridized carbons (Fsp3) is 0.560. The molecule has 4 heterocycles. The lowest BCUT2D eigenvalue weighted by atomic mass is 9.79. The van der Waals surface area contributed by atoms with E-state index in [9.17, 15) is 19.8 Å². The number of nitrogens with one attached hydrogen (secondary N) is 4. The van der Waals surface area contributed by atoms with Crippen LogP contribution in [0.15, 0.2) is 40.7 Å². The van der Waals surface area contributed by atoms with Gasteiger partial charge in [0.25, 0.3) is 5.91 Å². The molecule has 4 aliphatic rings. The van der Waals surface area contributed by atoms with Crippen molar-refractivity contribution >= 4 is 52.8 Å². The average Bonchev–Trinajstić information content (AvgIpc) is 3.39. The van der Waals surface area contributed by atoms with Crippen molar-refractivity contribution in [3.8, 4) is 5.75 Å². The zero-order chi connectivity index (χ0) is 31.4. The van der Waals surface area contributed by atoms with E-state index in [1.54, 1.807) is 12.1 Å². The smallest absolute Gasteiger partial charge is 0.414 e. The number of guanidine groups is 1. The van der Waals surface area contributed by atoms with Crippen molar-refractivity contribution in [2.24, 2.45) is 10.1 Å². The predicted molar refractivity (Wildman–Crippen MR) is 157 cm³/mol. The molecule has 0 radical (unpaired) electrons. The van der Waals surface area contributed by atoms with Gasteiger partial charge < -0.3 is 40.5 Å². The molecule has 18 heteroatoms. The summed E-state index contributed by atoms with van der Waals surface area (Å²) in [5.41, 5.74) is 7.96. The Labute approximate surface area is 261 Å². The van der Waals surface area contributed by atoms with Crippen LogP contribution in [0.5, 0.6) is 5.75 Å². The van der Waals surface area contributed by atoms with E-state index in [0.717, 1.165) is 12.0 Å². The van der Waals surface area contributed by atoms with E-state index >= 15 is 0 Å². The van der Waals surface area contributed by atoms with Crippen LogP contribution >= 0.6 is 34.8 Å². The number of halogens is 3. The van der Waals surface area contributed by atoms with Gasteiger partial charge in [0, 0.05) is 17.0 Å². The molecule has 0 saturated carbocycles. The highest BCUT2D eigenvalue weighted by Gasteiger charge is 2.73. The monoisotopic (exact) mass is 657 g/mol. The third-order valence-corrected chi connectivity index (χ3v) is 8.40. The molecule has 1 aromatic carbocycles. The number of fused-ring (bicyclic) bond motifs is 1. The number of aliphatic hydroxyl groups is 2. The van der Waals surface area contributed by atoms with Gasteiger partial charge in [0.15, 0.2) is 5.66 Å². The van der Waals surface area contributed by atoms with Gasteiger partial charge in [-0.3, -0.25) is 10.1 Å². The Kier molecular flexibility index (Phi) is 7.95. The molecule has 2 amide bonds. The van der Waals surface area contributed by atoms with Crippen LogP contribution in [-0.4, -0.2) is 92.7 Å². The number of ether oxygens (including phenoxy) is 2. The first-order chi connectivity index (χ1) is 20.1. The molecule has 2 saturated heterocycles. The summed E-state index contributed by atoms with van der Waals surface area (Å²) < 4.78 is 8.97. The number of para-hydroxylation sites is 1. The van der Waals surface area contributed by atoms with Gasteiger partial charge in [0.2, 0.25) is 15.5 Å². The Hall–Kier alpha value is -3.33. The van der Waals surface area contributed by atoms with E-state index in [1.165, 1.54) is 4.90 Å². The van der Waals surface area contributed by atoms with E-state index in [4.69, 9.17) is 49.8 Å². The SMILES string of the molecule is C=C1N[C@H]2[C@H](CN=[N+]=[N-])N=C(NC(=O)OCC(Cl)(Cl)Cl)N3C[C@H](NC(=O)c4cccc5c4OCCC5(C)C)C(O)(O)[C@]23N1. The Balaban J connectivity index is 1.49. The summed E-state index contributed by atoms with van der Waals surface area (Å²) >= 11 is 17.1. The second kappa shape index (κ2) is 11.0. The predicted octanol–water partition coefficient (Wildman–Crippen LogP) is 1.72. The minimum atomic E-state index is -2.71. The van der Waals surface area contributed by atoms with Gasteiger partial charge in [0.1, 0.15) is 18.4 Å². The summed E-state index contributed by atoms with van der Waals surface area (Å²) in [4.78, 5) is 35.0. The highest BCUT2D eigenvalue weighted by Crippen LogP contribution is 2.45. The number of hydrogen-bond donors (Lipinski definition) is 6. The average molecular weight is 659 g/mol. The second-order valence-corrected chi connectivity index (χ2v) is 13.8. The van der Waals surface area contributed by atoms with E-state index < -0.39 is 52.0 Å². The second-order valence-electron chi connectivity index (χ2n) is 11.3. The van der Waals surface area contributed by atoms with Crippen molar-refractivity contribution in [2.45, 2.75) is 59.1 Å². The largest absolute Gasteiger partial charge is 0.492 e. The Morgan fingerprint density at radius 2 is 2.12 bits per heavy atom. The van der Waals surface area contributed by atoms with Crippen LogP contribution in [0, 0.1) is 0 Å². The number of benzene rings is 1. The van der Waals surface area contributed by atoms with Crippen LogP contribution in [0.3, 0.4) is 0 Å². The normalized spacial score (nSPS) is 28.0. The molecule has 1 spiro atoms. The number of carbonyl (C=O) groups excluding carboxylic acids is 2. The highest BCUT2D eigenvalue weighted by atomic mass is 35.6. The van der Waals surface area contributed by atoms with Gasteiger partial charge >= 0.3 is 6.09 Å². The first-order valence-corrected chi connectivity index (χ1v) is 14.4. The topological polar surface area (TPSA) is 206 Å². The van der Waals surface area contributed by atoms with Gasteiger partial charge in [-0.25, -0.2) is 9.79 Å². The lowest BCUT2D eigenvalue weighted by Gasteiger charge is -2.49. The molecule has 5 rings (SSSR count). The fourth-order valence-corrected chi connectivity index (χ4v) is 6.17. The quantitative estimate of drug-likeness (QED) is 0.0894. The Morgan fingerprint density at radius 1 is 1.37 bits per heavy atom. The van der Waals surface area contributed by atoms with Gasteiger partial charge in [-0.15, -0.1) is 0 Å². The van der Waals surface area contributed by atoms with Gasteiger partial charge in [-0.2, -0.15) is 0 Å². The standard InChI is InChI=1S/C25H30Cl3N9O6/c1-12-31-18-15(9-30-36-29)32-20(34-21(39)43-11-23(26,27)28)37-10-16(25(40,41)24(18,37)35-12)33-19(38)13-5-4-6-14-17(13)42-8-7-22(14,2)3/h4-6,15-16,18,31,35,40-41H,1,7-11H2,2-3H3,(H,33,38)(H,32,34,39)/t15-,16-,18-,24-/m0/s1. The maximum absolute atomic E-state index is 13.7. The van der Waals surface area contributed by atoms with Crippen molar-refractivity contribution in [3.05, 3.63) is 52.2 Å². The molecular formula is C25H30Cl3N9O6. The number of carbonyl (C=O) groups is 2. The molecule has 6 N–H and O–H groups in total. The van der Waals surface area contributed by atoms with Crippen molar-refractivity contribution in [1.82, 2.24) is 26.2 Å². The molecule has 0 bridgehead atoms. The van der Waals surface area contributed by atoms with Crippen LogP contribution in [-0.2, 0) is 10.2 Å². The number of rotatable bonds is 5. The van der Waals surface area contributed by atoms with Crippen molar-refractivity contribution in [2.75, 3.05) is 26.3 Å². The number of azide groups is 1. The minimum Gasteiger partial charge on any atom is -0.492 e. The first-order valence-electron chi connectivity index (χ1n) is 13.2. The third kappa shape index (κ3) is 5.45. The van der Waals surface area contributed by atoms with Gasteiger partial charge in [0.05, 0.1) is 36.6 Å². The van der Waals surface area contributed by atoms with E-state index in [0.29, 0.717) is 12.4 Å². The van der Waals surface area contributed by atoms with Crippen LogP contribution in [0.4, 0.5) is 4.79 Å². The third-order valence-electron chi connectivity index (χ3n) is 8.07. The number of hydrogen-bond acceptors (Lipinski definition) is 11. The number of alkyl carbamates (subject to hydrolysis) is 1. The number of alkyl halides is 3. The Morgan fingerprint density at radius 3 is 2.81 bits per heavy atom. The summed E-state index contributed by atoms with van der Waals surface area (Å²) in [6.07, 6.45) is -0.294.